The number of aliphatic hydroxyl groups excluding tert-OH is 1. The number of carbonyl (C=O) groups is 1. The smallest absolute Gasteiger partial charge is 0.229 e. The standard InChI is InChI=1S/C18H23N7O2/c1-11(2)25(8-9-26)18-20-16(15-17(21-18)23-24-22-15)19-10-13-6-4-5-7-14(13)12(3)27/h4-7,11,26H,8-10H2,1-3H3,(H2,19,20,21,22,23,24). The number of H-pyrrole nitrogens is 1. The molecule has 0 aliphatic rings. The second-order valence-corrected chi connectivity index (χ2v) is 6.45. The van der Waals surface area contributed by atoms with E-state index in [2.05, 4.69) is 30.7 Å². The van der Waals surface area contributed by atoms with Gasteiger partial charge in [-0.15, -0.1) is 5.10 Å². The molecule has 142 valence electrons. The van der Waals surface area contributed by atoms with Gasteiger partial charge in [-0.1, -0.05) is 24.3 Å². The van der Waals surface area contributed by atoms with E-state index in [1.54, 1.807) is 13.0 Å². The van der Waals surface area contributed by atoms with Crippen LogP contribution in [0.4, 0.5) is 11.8 Å². The van der Waals surface area contributed by atoms with E-state index >= 15 is 0 Å². The molecule has 0 amide bonds. The van der Waals surface area contributed by atoms with Crippen LogP contribution in [0.2, 0.25) is 0 Å². The van der Waals surface area contributed by atoms with Crippen LogP contribution < -0.4 is 10.2 Å². The van der Waals surface area contributed by atoms with E-state index in [1.807, 2.05) is 36.9 Å². The van der Waals surface area contributed by atoms with Gasteiger partial charge in [-0.3, -0.25) is 4.79 Å². The first-order valence-corrected chi connectivity index (χ1v) is 8.80. The van der Waals surface area contributed by atoms with Gasteiger partial charge in [0, 0.05) is 24.7 Å². The summed E-state index contributed by atoms with van der Waals surface area (Å²) >= 11 is 0. The average Bonchev–Trinajstić information content (AvgIpc) is 3.12. The number of aromatic amines is 1. The molecule has 2 aromatic heterocycles. The molecule has 0 unspecified atom stereocenters. The zero-order chi connectivity index (χ0) is 19.4. The monoisotopic (exact) mass is 369 g/mol. The Hall–Kier alpha value is -3.07. The fourth-order valence-electron chi connectivity index (χ4n) is 2.88. The van der Waals surface area contributed by atoms with Crippen molar-refractivity contribution in [3.8, 4) is 0 Å². The first-order valence-electron chi connectivity index (χ1n) is 8.80. The van der Waals surface area contributed by atoms with E-state index in [4.69, 9.17) is 0 Å². The van der Waals surface area contributed by atoms with Gasteiger partial charge in [0.2, 0.25) is 11.6 Å². The van der Waals surface area contributed by atoms with Gasteiger partial charge in [-0.25, -0.2) is 0 Å². The Labute approximate surface area is 156 Å². The number of rotatable bonds is 8. The van der Waals surface area contributed by atoms with E-state index in [9.17, 15) is 9.90 Å². The van der Waals surface area contributed by atoms with Gasteiger partial charge in [0.05, 0.1) is 6.61 Å². The molecule has 0 saturated carbocycles. The Morgan fingerprint density at radius 2 is 2.04 bits per heavy atom. The summed E-state index contributed by atoms with van der Waals surface area (Å²) in [5, 5.41) is 23.4. The number of carbonyl (C=O) groups excluding carboxylic acids is 1. The highest BCUT2D eigenvalue weighted by molar-refractivity contribution is 5.95. The van der Waals surface area contributed by atoms with Crippen LogP contribution in [0.5, 0.6) is 0 Å². The fraction of sp³-hybridized carbons (Fsp3) is 0.389. The molecule has 0 spiro atoms. The van der Waals surface area contributed by atoms with Gasteiger partial charge in [0.1, 0.15) is 0 Å². The number of nitrogens with one attached hydrogen (secondary N) is 2. The SMILES string of the molecule is CC(=O)c1ccccc1CNc1nc(N(CCO)C(C)C)nc2n[nH]nc12. The molecule has 0 saturated heterocycles. The molecule has 3 N–H and O–H groups in total. The maximum absolute atomic E-state index is 11.8. The predicted octanol–water partition coefficient (Wildman–Crippen LogP) is 1.77. The minimum absolute atomic E-state index is 0.00680. The predicted molar refractivity (Wildman–Crippen MR) is 103 cm³/mol. The summed E-state index contributed by atoms with van der Waals surface area (Å²) in [6.07, 6.45) is 0. The summed E-state index contributed by atoms with van der Waals surface area (Å²) in [6, 6.07) is 7.54. The number of anilines is 2. The Bertz CT molecular complexity index is 938. The highest BCUT2D eigenvalue weighted by Gasteiger charge is 2.18. The minimum atomic E-state index is -0.00680. The van der Waals surface area contributed by atoms with E-state index in [0.717, 1.165) is 5.56 Å². The molecule has 0 bridgehead atoms. The van der Waals surface area contributed by atoms with Crippen molar-refractivity contribution in [3.05, 3.63) is 35.4 Å². The summed E-state index contributed by atoms with van der Waals surface area (Å²) in [5.41, 5.74) is 2.50. The van der Waals surface area contributed by atoms with Crippen molar-refractivity contribution < 1.29 is 9.90 Å². The summed E-state index contributed by atoms with van der Waals surface area (Å²) in [4.78, 5) is 22.7. The van der Waals surface area contributed by atoms with Crippen molar-refractivity contribution in [2.45, 2.75) is 33.4 Å². The van der Waals surface area contributed by atoms with Crippen LogP contribution in [-0.4, -0.2) is 55.5 Å². The molecule has 0 aliphatic heterocycles. The lowest BCUT2D eigenvalue weighted by Crippen LogP contribution is -2.35. The second kappa shape index (κ2) is 8.09. The van der Waals surface area contributed by atoms with Gasteiger partial charge in [0.15, 0.2) is 17.1 Å². The van der Waals surface area contributed by atoms with Crippen molar-refractivity contribution in [3.63, 3.8) is 0 Å². The third kappa shape index (κ3) is 4.03. The first kappa shape index (κ1) is 18.7. The van der Waals surface area contributed by atoms with Crippen LogP contribution in [-0.2, 0) is 6.54 Å². The van der Waals surface area contributed by atoms with Gasteiger partial charge < -0.3 is 15.3 Å². The van der Waals surface area contributed by atoms with E-state index in [1.165, 1.54) is 0 Å². The largest absolute Gasteiger partial charge is 0.395 e. The zero-order valence-electron chi connectivity index (χ0n) is 15.6. The molecule has 3 aromatic rings. The van der Waals surface area contributed by atoms with Gasteiger partial charge in [-0.05, 0) is 26.3 Å². The van der Waals surface area contributed by atoms with Crippen LogP contribution in [0.25, 0.3) is 11.2 Å². The fourth-order valence-corrected chi connectivity index (χ4v) is 2.88. The Kier molecular flexibility index (Phi) is 5.60. The average molecular weight is 369 g/mol. The third-order valence-corrected chi connectivity index (χ3v) is 4.24. The number of nitrogens with zero attached hydrogens (tertiary/aromatic N) is 5. The molecule has 2 heterocycles. The molecule has 27 heavy (non-hydrogen) atoms. The Morgan fingerprint density at radius 3 is 2.74 bits per heavy atom. The third-order valence-electron chi connectivity index (χ3n) is 4.24. The molecule has 0 aliphatic carbocycles. The van der Waals surface area contributed by atoms with Gasteiger partial charge in [0.25, 0.3) is 0 Å². The second-order valence-electron chi connectivity index (χ2n) is 6.45. The minimum Gasteiger partial charge on any atom is -0.395 e. The summed E-state index contributed by atoms with van der Waals surface area (Å²) in [5.74, 6) is 0.991. The first-order chi connectivity index (χ1) is 13.0. The molecular formula is C18H23N7O2. The number of hydrogen-bond donors (Lipinski definition) is 3. The molecule has 0 radical (unpaired) electrons. The Balaban J connectivity index is 1.94. The van der Waals surface area contributed by atoms with Gasteiger partial charge in [-0.2, -0.15) is 20.3 Å². The topological polar surface area (TPSA) is 120 Å². The maximum atomic E-state index is 11.8. The number of hydrogen-bond acceptors (Lipinski definition) is 8. The van der Waals surface area contributed by atoms with Crippen LogP contribution >= 0.6 is 0 Å². The molecule has 1 aromatic carbocycles. The van der Waals surface area contributed by atoms with Crippen LogP contribution in [0.3, 0.4) is 0 Å². The summed E-state index contributed by atoms with van der Waals surface area (Å²) < 4.78 is 0. The highest BCUT2D eigenvalue weighted by Crippen LogP contribution is 2.22. The zero-order valence-corrected chi connectivity index (χ0v) is 15.6. The van der Waals surface area contributed by atoms with E-state index < -0.39 is 0 Å². The van der Waals surface area contributed by atoms with E-state index in [0.29, 0.717) is 41.6 Å². The number of aromatic nitrogens is 5. The number of aliphatic hydroxyl groups is 1. The van der Waals surface area contributed by atoms with Crippen molar-refractivity contribution >= 4 is 28.7 Å². The van der Waals surface area contributed by atoms with E-state index in [-0.39, 0.29) is 18.4 Å². The molecule has 9 heteroatoms. The molecule has 9 nitrogen and oxygen atoms in total. The summed E-state index contributed by atoms with van der Waals surface area (Å²) in [6.45, 7) is 6.37. The number of fused-ring (bicyclic) bond motifs is 1. The highest BCUT2D eigenvalue weighted by atomic mass is 16.3. The quantitative estimate of drug-likeness (QED) is 0.514. The number of benzene rings is 1. The molecule has 0 atom stereocenters. The van der Waals surface area contributed by atoms with Crippen LogP contribution in [0, 0.1) is 0 Å². The maximum Gasteiger partial charge on any atom is 0.229 e. The lowest BCUT2D eigenvalue weighted by molar-refractivity contribution is 0.101. The number of Topliss-reactive ketones (excluding diaryl/α,β-unsaturated/α-hetero) is 1. The normalized spacial score (nSPS) is 11.1. The van der Waals surface area contributed by atoms with Crippen molar-refractivity contribution in [1.82, 2.24) is 25.4 Å². The lowest BCUT2D eigenvalue weighted by atomic mass is 10.0. The Morgan fingerprint density at radius 1 is 1.26 bits per heavy atom. The molecular weight excluding hydrogens is 346 g/mol. The number of ketones is 1. The van der Waals surface area contributed by atoms with Crippen LogP contribution in [0.1, 0.15) is 36.7 Å². The lowest BCUT2D eigenvalue weighted by Gasteiger charge is -2.26. The van der Waals surface area contributed by atoms with Crippen LogP contribution in [0.15, 0.2) is 24.3 Å². The van der Waals surface area contributed by atoms with Crippen molar-refractivity contribution in [2.24, 2.45) is 0 Å². The van der Waals surface area contributed by atoms with Gasteiger partial charge >= 0.3 is 0 Å². The summed E-state index contributed by atoms with van der Waals surface area (Å²) in [7, 11) is 0. The van der Waals surface area contributed by atoms with Crippen molar-refractivity contribution in [2.75, 3.05) is 23.4 Å². The molecule has 0 fully saturated rings. The molecule has 3 rings (SSSR count). The van der Waals surface area contributed by atoms with Crippen molar-refractivity contribution in [1.29, 1.82) is 0 Å².